The zero-order valence-corrected chi connectivity index (χ0v) is 3.78. The monoisotopic (exact) mass is 83.1 g/mol. The van der Waals surface area contributed by atoms with Crippen LogP contribution >= 0.6 is 0 Å². The summed E-state index contributed by atoms with van der Waals surface area (Å²) < 4.78 is 0. The van der Waals surface area contributed by atoms with Gasteiger partial charge in [-0.25, -0.2) is 0 Å². The molecule has 1 heterocycles. The maximum atomic E-state index is 3.79. The van der Waals surface area contributed by atoms with E-state index in [-0.39, 0.29) is 0 Å². The minimum Gasteiger partial charge on any atom is -0.461 e. The number of hydrogen-bond donors (Lipinski definition) is 1. The van der Waals surface area contributed by atoms with Crippen molar-refractivity contribution in [2.75, 3.05) is 13.1 Å². The largest absolute Gasteiger partial charge is 0.461 e. The van der Waals surface area contributed by atoms with Crippen LogP contribution in [0.5, 0.6) is 0 Å². The van der Waals surface area contributed by atoms with Crippen molar-refractivity contribution in [2.24, 2.45) is 0 Å². The van der Waals surface area contributed by atoms with E-state index in [2.05, 4.69) is 19.2 Å². The Morgan fingerprint density at radius 2 is 1.83 bits per heavy atom. The second-order valence-electron chi connectivity index (χ2n) is 1.63. The molecule has 0 aromatic rings. The molecule has 1 rings (SSSR count). The molecule has 0 amide bonds. The molecule has 0 aromatic heterocycles. The Bertz CT molecular complexity index is 58.3. The fourth-order valence-electron chi connectivity index (χ4n) is 0.583. The van der Waals surface area contributed by atoms with E-state index in [0.29, 0.717) is 0 Å². The van der Waals surface area contributed by atoms with E-state index in [9.17, 15) is 0 Å². The SMILES string of the molecule is [CH2-][NH+]1CC=CC1. The minimum absolute atomic E-state index is 1.11. The Morgan fingerprint density at radius 3 is 2.00 bits per heavy atom. The first kappa shape index (κ1) is 3.88. The van der Waals surface area contributed by atoms with Gasteiger partial charge >= 0.3 is 0 Å². The summed E-state index contributed by atoms with van der Waals surface area (Å²) in [5.41, 5.74) is 0. The van der Waals surface area contributed by atoms with Gasteiger partial charge in [0.05, 0.1) is 13.1 Å². The van der Waals surface area contributed by atoms with E-state index in [1.54, 1.807) is 0 Å². The van der Waals surface area contributed by atoms with Crippen molar-refractivity contribution in [3.63, 3.8) is 0 Å². The zero-order valence-electron chi connectivity index (χ0n) is 3.78. The molecule has 0 aliphatic carbocycles. The van der Waals surface area contributed by atoms with Gasteiger partial charge in [0.15, 0.2) is 0 Å². The third-order valence-electron chi connectivity index (χ3n) is 0.980. The molecule has 1 aliphatic rings. The fourth-order valence-corrected chi connectivity index (χ4v) is 0.583. The molecule has 0 saturated heterocycles. The van der Waals surface area contributed by atoms with Crippen molar-refractivity contribution in [1.82, 2.24) is 0 Å². The summed E-state index contributed by atoms with van der Waals surface area (Å²) in [5.74, 6) is 0. The molecule has 1 aliphatic heterocycles. The number of quaternary nitrogens is 1. The van der Waals surface area contributed by atoms with Crippen molar-refractivity contribution in [1.29, 1.82) is 0 Å². The lowest BCUT2D eigenvalue weighted by atomic mass is 10.6. The standard InChI is InChI=1S/C5H9N/c1-6-4-2-3-5-6/h2-3,6H,1,4-5H2. The maximum Gasteiger partial charge on any atom is 0.0721 e. The van der Waals surface area contributed by atoms with Crippen molar-refractivity contribution in [3.8, 4) is 0 Å². The average molecular weight is 83.1 g/mol. The molecule has 1 heteroatoms. The molecule has 0 unspecified atom stereocenters. The van der Waals surface area contributed by atoms with Gasteiger partial charge in [0, 0.05) is 0 Å². The predicted octanol–water partition coefficient (Wildman–Crippen LogP) is -0.767. The van der Waals surface area contributed by atoms with Crippen LogP contribution in [0.4, 0.5) is 0 Å². The highest BCUT2D eigenvalue weighted by atomic mass is 15.1. The highest BCUT2D eigenvalue weighted by Gasteiger charge is 1.93. The Balaban J connectivity index is 2.32. The lowest BCUT2D eigenvalue weighted by Gasteiger charge is -2.09. The molecule has 0 saturated carbocycles. The first-order chi connectivity index (χ1) is 2.89. The normalized spacial score (nSPS) is 22.8. The highest BCUT2D eigenvalue weighted by molar-refractivity contribution is 4.84. The van der Waals surface area contributed by atoms with Gasteiger partial charge in [-0.05, 0) is 12.2 Å². The van der Waals surface area contributed by atoms with Crippen LogP contribution in [0.1, 0.15) is 0 Å². The average Bonchev–Trinajstić information content (AvgIpc) is 1.86. The van der Waals surface area contributed by atoms with Crippen LogP contribution in [-0.4, -0.2) is 13.1 Å². The summed E-state index contributed by atoms with van der Waals surface area (Å²) in [6.07, 6.45) is 4.31. The van der Waals surface area contributed by atoms with Crippen LogP contribution in [0.2, 0.25) is 0 Å². The molecular formula is C5H9N. The summed E-state index contributed by atoms with van der Waals surface area (Å²) in [6.45, 7) is 2.22. The summed E-state index contributed by atoms with van der Waals surface area (Å²) in [5, 5.41) is 0. The maximum absolute atomic E-state index is 3.79. The number of nitrogens with one attached hydrogen (secondary N) is 1. The first-order valence-corrected chi connectivity index (χ1v) is 2.21. The molecular weight excluding hydrogens is 74.1 g/mol. The van der Waals surface area contributed by atoms with Gasteiger partial charge in [-0.1, -0.05) is 0 Å². The summed E-state index contributed by atoms with van der Waals surface area (Å²) in [6, 6.07) is 0. The van der Waals surface area contributed by atoms with Crippen LogP contribution in [0.15, 0.2) is 12.2 Å². The van der Waals surface area contributed by atoms with E-state index in [0.717, 1.165) is 13.1 Å². The molecule has 0 atom stereocenters. The third kappa shape index (κ3) is 0.601. The second-order valence-corrected chi connectivity index (χ2v) is 1.63. The number of rotatable bonds is 0. The quantitative estimate of drug-likeness (QED) is 0.290. The Morgan fingerprint density at radius 1 is 1.33 bits per heavy atom. The van der Waals surface area contributed by atoms with Crippen LogP contribution in [0.3, 0.4) is 0 Å². The van der Waals surface area contributed by atoms with Crippen molar-refractivity contribution in [3.05, 3.63) is 19.2 Å². The topological polar surface area (TPSA) is 4.44 Å². The van der Waals surface area contributed by atoms with E-state index in [4.69, 9.17) is 0 Å². The molecule has 6 heavy (non-hydrogen) atoms. The fraction of sp³-hybridized carbons (Fsp3) is 0.400. The number of hydrogen-bond acceptors (Lipinski definition) is 0. The predicted molar refractivity (Wildman–Crippen MR) is 25.2 cm³/mol. The van der Waals surface area contributed by atoms with Gasteiger partial charge < -0.3 is 4.90 Å². The third-order valence-corrected chi connectivity index (χ3v) is 0.980. The zero-order chi connectivity index (χ0) is 4.41. The lowest BCUT2D eigenvalue weighted by molar-refractivity contribution is -0.835. The van der Waals surface area contributed by atoms with Crippen LogP contribution in [-0.2, 0) is 0 Å². The molecule has 0 aromatic carbocycles. The highest BCUT2D eigenvalue weighted by Crippen LogP contribution is 1.68. The molecule has 34 valence electrons. The molecule has 1 N–H and O–H groups in total. The van der Waals surface area contributed by atoms with Crippen LogP contribution in [0, 0.1) is 7.05 Å². The van der Waals surface area contributed by atoms with Crippen molar-refractivity contribution in [2.45, 2.75) is 0 Å². The van der Waals surface area contributed by atoms with Gasteiger partial charge in [0.1, 0.15) is 0 Å². The molecule has 1 nitrogen and oxygen atoms in total. The van der Waals surface area contributed by atoms with Crippen molar-refractivity contribution < 1.29 is 4.90 Å². The van der Waals surface area contributed by atoms with E-state index >= 15 is 0 Å². The van der Waals surface area contributed by atoms with Gasteiger partial charge in [-0.2, -0.15) is 7.05 Å². The van der Waals surface area contributed by atoms with Gasteiger partial charge in [0.25, 0.3) is 0 Å². The Hall–Kier alpha value is -0.300. The Labute approximate surface area is 38.3 Å². The van der Waals surface area contributed by atoms with E-state index in [1.165, 1.54) is 4.90 Å². The lowest BCUT2D eigenvalue weighted by Crippen LogP contribution is -3.04. The molecule has 0 spiro atoms. The van der Waals surface area contributed by atoms with Crippen LogP contribution < -0.4 is 4.90 Å². The summed E-state index contributed by atoms with van der Waals surface area (Å²) in [7, 11) is 3.79. The summed E-state index contributed by atoms with van der Waals surface area (Å²) >= 11 is 0. The second kappa shape index (κ2) is 1.43. The van der Waals surface area contributed by atoms with Gasteiger partial charge in [0.2, 0.25) is 0 Å². The van der Waals surface area contributed by atoms with Crippen molar-refractivity contribution >= 4 is 0 Å². The Kier molecular flexibility index (Phi) is 0.926. The first-order valence-electron chi connectivity index (χ1n) is 2.21. The van der Waals surface area contributed by atoms with E-state index < -0.39 is 0 Å². The molecule has 0 fully saturated rings. The van der Waals surface area contributed by atoms with Gasteiger partial charge in [-0.3, -0.25) is 0 Å². The minimum atomic E-state index is 1.11. The van der Waals surface area contributed by atoms with Gasteiger partial charge in [-0.15, -0.1) is 0 Å². The van der Waals surface area contributed by atoms with E-state index in [1.807, 2.05) is 0 Å². The molecule has 0 bridgehead atoms. The summed E-state index contributed by atoms with van der Waals surface area (Å²) in [4.78, 5) is 1.34. The van der Waals surface area contributed by atoms with Crippen LogP contribution in [0.25, 0.3) is 0 Å². The smallest absolute Gasteiger partial charge is 0.0721 e. The molecule has 0 radical (unpaired) electrons.